The molecule has 0 bridgehead atoms. The first-order valence-electron chi connectivity index (χ1n) is 5.75. The van der Waals surface area contributed by atoms with Crippen LogP contribution in [0.15, 0.2) is 18.2 Å². The molecule has 1 aliphatic heterocycles. The Balaban J connectivity index is 0.00000180. The van der Waals surface area contributed by atoms with Crippen molar-refractivity contribution in [1.29, 1.82) is 0 Å². The highest BCUT2D eigenvalue weighted by Gasteiger charge is 2.17. The normalized spacial score (nSPS) is 12.6. The first-order chi connectivity index (χ1) is 8.70. The molecule has 2 amide bonds. The average Bonchev–Trinajstić information content (AvgIpc) is 2.38. The summed E-state index contributed by atoms with van der Waals surface area (Å²) in [6.45, 7) is 1.08. The van der Waals surface area contributed by atoms with Gasteiger partial charge in [-0.15, -0.1) is 12.4 Å². The summed E-state index contributed by atoms with van der Waals surface area (Å²) in [5.41, 5.74) is 6.35. The maximum Gasteiger partial charge on any atom is 0.262 e. The van der Waals surface area contributed by atoms with Gasteiger partial charge in [-0.1, -0.05) is 0 Å². The number of hydrogen-bond acceptors (Lipinski definition) is 4. The first-order valence-corrected chi connectivity index (χ1v) is 5.75. The van der Waals surface area contributed by atoms with Crippen LogP contribution in [0.5, 0.6) is 5.75 Å². The van der Waals surface area contributed by atoms with Gasteiger partial charge in [-0.2, -0.15) is 0 Å². The van der Waals surface area contributed by atoms with Gasteiger partial charge in [-0.3, -0.25) is 9.59 Å². The second-order valence-electron chi connectivity index (χ2n) is 3.95. The van der Waals surface area contributed by atoms with Gasteiger partial charge in [0, 0.05) is 12.1 Å². The lowest BCUT2D eigenvalue weighted by molar-refractivity contribution is -0.118. The number of ether oxygens (including phenoxy) is 1. The van der Waals surface area contributed by atoms with Crippen LogP contribution < -0.4 is 21.1 Å². The number of nitrogens with two attached hydrogens (primary N) is 1. The quantitative estimate of drug-likeness (QED) is 0.703. The van der Waals surface area contributed by atoms with E-state index in [0.717, 1.165) is 6.42 Å². The number of carbonyl (C=O) groups excluding carboxylic acids is 2. The molecule has 0 aromatic heterocycles. The number of benzene rings is 1. The predicted molar refractivity (Wildman–Crippen MR) is 73.8 cm³/mol. The van der Waals surface area contributed by atoms with E-state index in [9.17, 15) is 9.59 Å². The minimum absolute atomic E-state index is 0. The molecule has 19 heavy (non-hydrogen) atoms. The van der Waals surface area contributed by atoms with Crippen molar-refractivity contribution in [1.82, 2.24) is 5.32 Å². The zero-order valence-corrected chi connectivity index (χ0v) is 11.1. The van der Waals surface area contributed by atoms with E-state index >= 15 is 0 Å². The Morgan fingerprint density at radius 3 is 3.00 bits per heavy atom. The van der Waals surface area contributed by atoms with Gasteiger partial charge >= 0.3 is 0 Å². The van der Waals surface area contributed by atoms with Crippen molar-refractivity contribution in [3.05, 3.63) is 23.8 Å². The molecule has 0 saturated heterocycles. The molecule has 7 heteroatoms. The van der Waals surface area contributed by atoms with Crippen LogP contribution in [-0.4, -0.2) is 31.5 Å². The SMILES string of the molecule is Cl.NCCCNC(=O)c1ccc2c(c1)NC(=O)CO2. The second-order valence-corrected chi connectivity index (χ2v) is 3.95. The van der Waals surface area contributed by atoms with E-state index in [1.54, 1.807) is 18.2 Å². The minimum atomic E-state index is -0.219. The Morgan fingerprint density at radius 1 is 1.47 bits per heavy atom. The highest BCUT2D eigenvalue weighted by atomic mass is 35.5. The van der Waals surface area contributed by atoms with E-state index in [0.29, 0.717) is 30.1 Å². The Labute approximate surface area is 117 Å². The molecule has 0 aliphatic carbocycles. The fourth-order valence-corrected chi connectivity index (χ4v) is 1.63. The van der Waals surface area contributed by atoms with Gasteiger partial charge in [0.2, 0.25) is 0 Å². The molecule has 0 atom stereocenters. The molecule has 1 heterocycles. The number of halogens is 1. The molecule has 1 aromatic carbocycles. The molecule has 0 spiro atoms. The van der Waals surface area contributed by atoms with Gasteiger partial charge in [0.25, 0.3) is 11.8 Å². The maximum atomic E-state index is 11.8. The van der Waals surface area contributed by atoms with Gasteiger partial charge in [0.1, 0.15) is 5.75 Å². The highest BCUT2D eigenvalue weighted by Crippen LogP contribution is 2.28. The van der Waals surface area contributed by atoms with Gasteiger partial charge < -0.3 is 21.1 Å². The lowest BCUT2D eigenvalue weighted by Gasteiger charge is -2.18. The number of amides is 2. The second kappa shape index (κ2) is 6.96. The number of rotatable bonds is 4. The highest BCUT2D eigenvalue weighted by molar-refractivity contribution is 5.99. The van der Waals surface area contributed by atoms with Gasteiger partial charge in [-0.25, -0.2) is 0 Å². The van der Waals surface area contributed by atoms with E-state index in [4.69, 9.17) is 10.5 Å². The molecule has 104 valence electrons. The third-order valence-corrected chi connectivity index (χ3v) is 2.54. The smallest absolute Gasteiger partial charge is 0.262 e. The zero-order chi connectivity index (χ0) is 13.0. The van der Waals surface area contributed by atoms with Crippen LogP contribution >= 0.6 is 12.4 Å². The van der Waals surface area contributed by atoms with Crippen molar-refractivity contribution in [2.45, 2.75) is 6.42 Å². The van der Waals surface area contributed by atoms with E-state index < -0.39 is 0 Å². The van der Waals surface area contributed by atoms with E-state index in [-0.39, 0.29) is 30.8 Å². The summed E-state index contributed by atoms with van der Waals surface area (Å²) in [6, 6.07) is 4.94. The number of carbonyl (C=O) groups is 2. The van der Waals surface area contributed by atoms with E-state index in [1.807, 2.05) is 0 Å². The van der Waals surface area contributed by atoms with Crippen molar-refractivity contribution in [3.63, 3.8) is 0 Å². The van der Waals surface area contributed by atoms with Crippen LogP contribution in [0, 0.1) is 0 Å². The summed E-state index contributed by atoms with van der Waals surface area (Å²) in [7, 11) is 0. The van der Waals surface area contributed by atoms with Crippen LogP contribution in [0.2, 0.25) is 0 Å². The standard InChI is InChI=1S/C12H15N3O3.ClH/c13-4-1-5-14-12(17)8-2-3-10-9(6-8)15-11(16)7-18-10;/h2-3,6H,1,4-5,7,13H2,(H,14,17)(H,15,16);1H. The summed E-state index contributed by atoms with van der Waals surface area (Å²) in [6.07, 6.45) is 0.733. The summed E-state index contributed by atoms with van der Waals surface area (Å²) in [5.74, 6) is 0.169. The number of fused-ring (bicyclic) bond motifs is 1. The van der Waals surface area contributed by atoms with Gasteiger partial charge in [0.05, 0.1) is 5.69 Å². The first kappa shape index (κ1) is 15.3. The topological polar surface area (TPSA) is 93.5 Å². The Kier molecular flexibility index (Phi) is 5.59. The Morgan fingerprint density at radius 2 is 2.26 bits per heavy atom. The number of nitrogens with one attached hydrogen (secondary N) is 2. The summed E-state index contributed by atoms with van der Waals surface area (Å²) < 4.78 is 5.21. The van der Waals surface area contributed by atoms with Crippen molar-refractivity contribution in [2.75, 3.05) is 25.0 Å². The van der Waals surface area contributed by atoms with Crippen molar-refractivity contribution in [2.24, 2.45) is 5.73 Å². The summed E-state index contributed by atoms with van der Waals surface area (Å²) >= 11 is 0. The Bertz CT molecular complexity index is 479. The molecule has 0 saturated carbocycles. The van der Waals surface area contributed by atoms with Crippen LogP contribution in [0.25, 0.3) is 0 Å². The fourth-order valence-electron chi connectivity index (χ4n) is 1.63. The number of hydrogen-bond donors (Lipinski definition) is 3. The van der Waals surface area contributed by atoms with Crippen LogP contribution in [-0.2, 0) is 4.79 Å². The predicted octanol–water partition coefficient (Wildman–Crippen LogP) is 0.518. The van der Waals surface area contributed by atoms with Crippen LogP contribution in [0.3, 0.4) is 0 Å². The monoisotopic (exact) mass is 285 g/mol. The number of anilines is 1. The van der Waals surface area contributed by atoms with Crippen LogP contribution in [0.4, 0.5) is 5.69 Å². The third-order valence-electron chi connectivity index (χ3n) is 2.54. The molecule has 1 aromatic rings. The van der Waals surface area contributed by atoms with Crippen LogP contribution in [0.1, 0.15) is 16.8 Å². The minimum Gasteiger partial charge on any atom is -0.482 e. The molecular weight excluding hydrogens is 270 g/mol. The Hall–Kier alpha value is -1.79. The van der Waals surface area contributed by atoms with E-state index in [2.05, 4.69) is 10.6 Å². The average molecular weight is 286 g/mol. The molecule has 4 N–H and O–H groups in total. The molecule has 0 unspecified atom stereocenters. The van der Waals surface area contributed by atoms with Gasteiger partial charge in [-0.05, 0) is 31.2 Å². The maximum absolute atomic E-state index is 11.8. The third kappa shape index (κ3) is 3.84. The van der Waals surface area contributed by atoms with Crippen molar-refractivity contribution < 1.29 is 14.3 Å². The zero-order valence-electron chi connectivity index (χ0n) is 10.3. The lowest BCUT2D eigenvalue weighted by Crippen LogP contribution is -2.28. The van der Waals surface area contributed by atoms with E-state index in [1.165, 1.54) is 0 Å². The molecular formula is C12H16ClN3O3. The molecule has 0 fully saturated rings. The molecule has 1 aliphatic rings. The fraction of sp³-hybridized carbons (Fsp3) is 0.333. The molecule has 6 nitrogen and oxygen atoms in total. The molecule has 0 radical (unpaired) electrons. The van der Waals surface area contributed by atoms with Crippen molar-refractivity contribution in [3.8, 4) is 5.75 Å². The lowest BCUT2D eigenvalue weighted by atomic mass is 10.1. The summed E-state index contributed by atoms with van der Waals surface area (Å²) in [4.78, 5) is 22.9. The summed E-state index contributed by atoms with van der Waals surface area (Å²) in [5, 5.41) is 5.40. The largest absolute Gasteiger partial charge is 0.482 e. The molecule has 2 rings (SSSR count). The van der Waals surface area contributed by atoms with Gasteiger partial charge in [0.15, 0.2) is 6.61 Å². The van der Waals surface area contributed by atoms with Crippen molar-refractivity contribution >= 4 is 29.9 Å².